The zero-order valence-corrected chi connectivity index (χ0v) is 17.7. The van der Waals surface area contributed by atoms with Crippen LogP contribution in [0.1, 0.15) is 17.2 Å². The Bertz CT molecular complexity index is 1200. The lowest BCUT2D eigenvalue weighted by atomic mass is 9.98. The zero-order chi connectivity index (χ0) is 21.8. The first kappa shape index (κ1) is 20.7. The number of fused-ring (bicyclic) bond motifs is 1. The normalized spacial score (nSPS) is 11.8. The van der Waals surface area contributed by atoms with Crippen molar-refractivity contribution in [3.63, 3.8) is 0 Å². The predicted molar refractivity (Wildman–Crippen MR) is 123 cm³/mol. The molecule has 0 bridgehead atoms. The smallest absolute Gasteiger partial charge is 0.414 e. The maximum absolute atomic E-state index is 13.0. The van der Waals surface area contributed by atoms with Crippen molar-refractivity contribution in [2.24, 2.45) is 0 Å². The molecule has 1 heterocycles. The number of phenolic OH excluding ortho intramolecular Hbond substituents is 1. The van der Waals surface area contributed by atoms with Gasteiger partial charge in [0.2, 0.25) is 0 Å². The monoisotopic (exact) mass is 432 g/mol. The summed E-state index contributed by atoms with van der Waals surface area (Å²) in [6.07, 6.45) is 0.662. The maximum Gasteiger partial charge on any atom is 0.414 e. The fourth-order valence-electron chi connectivity index (χ4n) is 3.45. The van der Waals surface area contributed by atoms with Gasteiger partial charge in [0.1, 0.15) is 17.4 Å². The average molecular weight is 433 g/mol. The minimum atomic E-state index is -0.759. The Morgan fingerprint density at radius 2 is 1.74 bits per heavy atom. The minimum Gasteiger partial charge on any atom is -0.505 e. The number of ether oxygens (including phenoxy) is 1. The van der Waals surface area contributed by atoms with Crippen molar-refractivity contribution < 1.29 is 14.6 Å². The Morgan fingerprint density at radius 1 is 1.06 bits per heavy atom. The molecule has 1 aromatic heterocycles. The van der Waals surface area contributed by atoms with Crippen LogP contribution in [0.4, 0.5) is 10.5 Å². The molecule has 0 radical (unpaired) electrons. The van der Waals surface area contributed by atoms with Gasteiger partial charge in [0.05, 0.1) is 5.02 Å². The summed E-state index contributed by atoms with van der Waals surface area (Å²) in [7, 11) is 1.64. The van der Waals surface area contributed by atoms with Gasteiger partial charge in [-0.2, -0.15) is 0 Å². The fraction of sp³-hybridized carbons (Fsp3) is 0.120. The number of rotatable bonds is 5. The van der Waals surface area contributed by atoms with Crippen molar-refractivity contribution >= 4 is 34.3 Å². The third-order valence-electron chi connectivity index (χ3n) is 5.12. The lowest BCUT2D eigenvalue weighted by molar-refractivity contribution is 0.104. The number of nitrogens with zero attached hydrogens (tertiary/aromatic N) is 2. The number of amides is 1. The highest BCUT2D eigenvalue weighted by molar-refractivity contribution is 6.35. The first-order valence-electron chi connectivity index (χ1n) is 9.84. The van der Waals surface area contributed by atoms with Crippen molar-refractivity contribution in [2.75, 3.05) is 11.9 Å². The van der Waals surface area contributed by atoms with Crippen LogP contribution in [0.15, 0.2) is 85.1 Å². The standard InChI is InChI=1S/C25H21ClN2O3/c1-28(18-11-6-3-7-12-18)25(30)31-22(15-17-9-4-2-5-10-17)20-16-21(26)19-13-8-14-27-23(19)24(20)29/h2-14,16,22,29H,15H2,1H3. The second kappa shape index (κ2) is 9.06. The van der Waals surface area contributed by atoms with Crippen molar-refractivity contribution in [3.05, 3.63) is 101 Å². The molecule has 1 amide bonds. The van der Waals surface area contributed by atoms with Gasteiger partial charge in [-0.1, -0.05) is 60.1 Å². The van der Waals surface area contributed by atoms with E-state index in [4.69, 9.17) is 16.3 Å². The third kappa shape index (κ3) is 4.47. The SMILES string of the molecule is CN(C(=O)OC(Cc1ccccc1)c1cc(Cl)c2cccnc2c1O)c1ccccc1. The molecule has 0 aliphatic rings. The van der Waals surface area contributed by atoms with Crippen LogP contribution >= 0.6 is 11.6 Å². The molecular weight excluding hydrogens is 412 g/mol. The van der Waals surface area contributed by atoms with Gasteiger partial charge in [0.15, 0.2) is 0 Å². The van der Waals surface area contributed by atoms with Crippen LogP contribution < -0.4 is 4.90 Å². The van der Waals surface area contributed by atoms with Crippen LogP contribution in [0.25, 0.3) is 10.9 Å². The number of carbonyl (C=O) groups is 1. The molecule has 0 aliphatic heterocycles. The largest absolute Gasteiger partial charge is 0.505 e. The molecule has 1 atom stereocenters. The number of benzene rings is 3. The minimum absolute atomic E-state index is 0.0453. The Labute approximate surface area is 185 Å². The summed E-state index contributed by atoms with van der Waals surface area (Å²) in [5.41, 5.74) is 2.44. The molecule has 31 heavy (non-hydrogen) atoms. The van der Waals surface area contributed by atoms with Gasteiger partial charge in [-0.15, -0.1) is 0 Å². The van der Waals surface area contributed by atoms with Gasteiger partial charge in [-0.25, -0.2) is 4.79 Å². The second-order valence-electron chi connectivity index (χ2n) is 7.15. The lowest BCUT2D eigenvalue weighted by Gasteiger charge is -2.24. The van der Waals surface area contributed by atoms with Crippen molar-refractivity contribution in [3.8, 4) is 5.75 Å². The number of hydrogen-bond acceptors (Lipinski definition) is 4. The van der Waals surface area contributed by atoms with Crippen LogP contribution in [-0.4, -0.2) is 23.2 Å². The van der Waals surface area contributed by atoms with Crippen molar-refractivity contribution in [2.45, 2.75) is 12.5 Å². The number of hydrogen-bond donors (Lipinski definition) is 1. The Hall–Kier alpha value is -3.57. The van der Waals surface area contributed by atoms with Crippen LogP contribution in [0.2, 0.25) is 5.02 Å². The summed E-state index contributed by atoms with van der Waals surface area (Å²) >= 11 is 6.47. The molecular formula is C25H21ClN2O3. The van der Waals surface area contributed by atoms with E-state index in [1.165, 1.54) is 4.90 Å². The van der Waals surface area contributed by atoms with Gasteiger partial charge in [0.25, 0.3) is 0 Å². The van der Waals surface area contributed by atoms with Crippen LogP contribution in [0.3, 0.4) is 0 Å². The molecule has 0 saturated heterocycles. The molecule has 4 aromatic rings. The van der Waals surface area contributed by atoms with E-state index in [1.807, 2.05) is 60.7 Å². The number of anilines is 1. The van der Waals surface area contributed by atoms with E-state index >= 15 is 0 Å². The van der Waals surface area contributed by atoms with E-state index in [9.17, 15) is 9.90 Å². The first-order valence-corrected chi connectivity index (χ1v) is 10.2. The number of carbonyl (C=O) groups excluding carboxylic acids is 1. The van der Waals surface area contributed by atoms with Crippen LogP contribution in [0, 0.1) is 0 Å². The maximum atomic E-state index is 13.0. The van der Waals surface area contributed by atoms with E-state index in [2.05, 4.69) is 4.98 Å². The molecule has 0 fully saturated rings. The van der Waals surface area contributed by atoms with Crippen molar-refractivity contribution in [1.82, 2.24) is 4.98 Å². The number of phenols is 1. The van der Waals surface area contributed by atoms with E-state index in [-0.39, 0.29) is 5.75 Å². The van der Waals surface area contributed by atoms with Gasteiger partial charge in [0, 0.05) is 36.3 Å². The van der Waals surface area contributed by atoms with Gasteiger partial charge < -0.3 is 9.84 Å². The molecule has 0 saturated carbocycles. The fourth-order valence-corrected chi connectivity index (χ4v) is 3.72. The first-order chi connectivity index (χ1) is 15.0. The third-order valence-corrected chi connectivity index (χ3v) is 5.43. The number of pyridine rings is 1. The molecule has 1 unspecified atom stereocenters. The number of halogens is 1. The Kier molecular flexibility index (Phi) is 6.05. The summed E-state index contributed by atoms with van der Waals surface area (Å²) in [4.78, 5) is 18.6. The van der Waals surface area contributed by atoms with Crippen LogP contribution in [-0.2, 0) is 11.2 Å². The molecule has 0 spiro atoms. The summed E-state index contributed by atoms with van der Waals surface area (Å²) < 4.78 is 5.88. The molecule has 1 N–H and O–H groups in total. The molecule has 6 heteroatoms. The quantitative estimate of drug-likeness (QED) is 0.410. The second-order valence-corrected chi connectivity index (χ2v) is 7.56. The highest BCUT2D eigenvalue weighted by atomic mass is 35.5. The van der Waals surface area contributed by atoms with E-state index in [0.29, 0.717) is 33.6 Å². The molecule has 4 rings (SSSR count). The van der Waals surface area contributed by atoms with Gasteiger partial charge >= 0.3 is 6.09 Å². The molecule has 3 aromatic carbocycles. The topological polar surface area (TPSA) is 62.7 Å². The lowest BCUT2D eigenvalue weighted by Crippen LogP contribution is -2.29. The van der Waals surface area contributed by atoms with E-state index in [1.54, 1.807) is 31.4 Å². The van der Waals surface area contributed by atoms with Crippen molar-refractivity contribution in [1.29, 1.82) is 0 Å². The molecule has 0 aliphatic carbocycles. The summed E-state index contributed by atoms with van der Waals surface area (Å²) in [5, 5.41) is 12.0. The summed E-state index contributed by atoms with van der Waals surface area (Å²) in [6, 6.07) is 24.0. The zero-order valence-electron chi connectivity index (χ0n) is 16.9. The van der Waals surface area contributed by atoms with Gasteiger partial charge in [-0.3, -0.25) is 9.88 Å². The summed E-state index contributed by atoms with van der Waals surface area (Å²) in [6.45, 7) is 0. The highest BCUT2D eigenvalue weighted by Gasteiger charge is 2.25. The van der Waals surface area contributed by atoms with E-state index < -0.39 is 12.2 Å². The Balaban J connectivity index is 1.72. The highest BCUT2D eigenvalue weighted by Crippen LogP contribution is 2.38. The average Bonchev–Trinajstić information content (AvgIpc) is 2.81. The number of aromatic hydroxyl groups is 1. The number of para-hydroxylation sites is 1. The predicted octanol–water partition coefficient (Wildman–Crippen LogP) is 6.15. The van der Waals surface area contributed by atoms with E-state index in [0.717, 1.165) is 5.56 Å². The van der Waals surface area contributed by atoms with Crippen LogP contribution in [0.5, 0.6) is 5.75 Å². The molecule has 156 valence electrons. The number of aromatic nitrogens is 1. The Morgan fingerprint density at radius 3 is 2.45 bits per heavy atom. The summed E-state index contributed by atoms with van der Waals surface area (Å²) in [5.74, 6) is -0.0453. The van der Waals surface area contributed by atoms with Gasteiger partial charge in [-0.05, 0) is 35.9 Å². The molecule has 5 nitrogen and oxygen atoms in total.